The zero-order valence-corrected chi connectivity index (χ0v) is 5.09. The largest absolute Gasteiger partial charge is 0.439 e. The number of cyclic esters (lactones) is 1. The van der Waals surface area contributed by atoms with E-state index >= 15 is 0 Å². The van der Waals surface area contributed by atoms with E-state index in [9.17, 15) is 9.59 Å². The fourth-order valence-electron chi connectivity index (χ4n) is 0.687. The number of nitrogens with zero attached hydrogens (tertiary/aromatic N) is 1. The molecule has 0 aromatic carbocycles. The van der Waals surface area contributed by atoms with Gasteiger partial charge in [0.2, 0.25) is 0 Å². The number of amides is 2. The van der Waals surface area contributed by atoms with Gasteiger partial charge in [0, 0.05) is 6.54 Å². The molecule has 1 heterocycles. The highest BCUT2D eigenvalue weighted by atomic mass is 16.6. The normalized spacial score (nSPS) is 18.6. The van der Waals surface area contributed by atoms with Crippen LogP contribution in [0.2, 0.25) is 0 Å². The molecule has 1 aliphatic rings. The number of carbonyl (C=O) groups excluding carboxylic acids is 2. The van der Waals surface area contributed by atoms with Crippen molar-refractivity contribution < 1.29 is 14.3 Å². The molecule has 50 valence electrons. The van der Waals surface area contributed by atoms with E-state index in [-0.39, 0.29) is 12.5 Å². The van der Waals surface area contributed by atoms with Crippen LogP contribution in [0.5, 0.6) is 0 Å². The van der Waals surface area contributed by atoms with Crippen LogP contribution in [0.4, 0.5) is 4.79 Å². The van der Waals surface area contributed by atoms with Crippen LogP contribution in [0, 0.1) is 0 Å². The lowest BCUT2D eigenvalue weighted by Gasteiger charge is -2.03. The highest BCUT2D eigenvalue weighted by Gasteiger charge is 2.28. The second-order valence-electron chi connectivity index (χ2n) is 1.69. The van der Waals surface area contributed by atoms with Crippen molar-refractivity contribution in [3.05, 3.63) is 0 Å². The molecule has 0 unspecified atom stereocenters. The average Bonchev–Trinajstić information content (AvgIpc) is 2.12. The highest BCUT2D eigenvalue weighted by molar-refractivity contribution is 5.97. The molecule has 1 aliphatic heterocycles. The molecule has 0 aromatic rings. The fraction of sp³-hybridized carbons (Fsp3) is 0.600. The molecule has 0 aliphatic carbocycles. The van der Waals surface area contributed by atoms with E-state index in [1.807, 2.05) is 0 Å². The molecule has 0 N–H and O–H groups in total. The molecule has 1 rings (SSSR count). The molecule has 4 heteroatoms. The van der Waals surface area contributed by atoms with Gasteiger partial charge >= 0.3 is 6.09 Å². The van der Waals surface area contributed by atoms with E-state index in [4.69, 9.17) is 0 Å². The third kappa shape index (κ3) is 0.872. The van der Waals surface area contributed by atoms with Gasteiger partial charge in [0.1, 0.15) is 0 Å². The summed E-state index contributed by atoms with van der Waals surface area (Å²) in [5.41, 5.74) is 0. The zero-order chi connectivity index (χ0) is 6.85. The molecule has 0 spiro atoms. The van der Waals surface area contributed by atoms with Gasteiger partial charge in [-0.1, -0.05) is 0 Å². The monoisotopic (exact) mass is 129 g/mol. The van der Waals surface area contributed by atoms with Gasteiger partial charge < -0.3 is 4.74 Å². The summed E-state index contributed by atoms with van der Waals surface area (Å²) < 4.78 is 4.41. The Kier molecular flexibility index (Phi) is 1.38. The van der Waals surface area contributed by atoms with Crippen molar-refractivity contribution in [1.82, 2.24) is 4.90 Å². The number of hydrogen-bond acceptors (Lipinski definition) is 3. The SMILES string of the molecule is CCN1C(=O)COC1=O. The molecule has 2 amide bonds. The first-order valence-corrected chi connectivity index (χ1v) is 2.73. The van der Waals surface area contributed by atoms with E-state index in [1.165, 1.54) is 0 Å². The van der Waals surface area contributed by atoms with Crippen molar-refractivity contribution >= 4 is 12.0 Å². The maximum Gasteiger partial charge on any atom is 0.417 e. The minimum absolute atomic E-state index is 0.0906. The molecule has 4 nitrogen and oxygen atoms in total. The Morgan fingerprint density at radius 1 is 1.67 bits per heavy atom. The fourth-order valence-corrected chi connectivity index (χ4v) is 0.687. The van der Waals surface area contributed by atoms with Gasteiger partial charge in [0.25, 0.3) is 5.91 Å². The predicted octanol–water partition coefficient (Wildman–Crippen LogP) is -0.0149. The molecule has 0 bridgehead atoms. The van der Waals surface area contributed by atoms with Crippen LogP contribution in [0.15, 0.2) is 0 Å². The Morgan fingerprint density at radius 2 is 2.33 bits per heavy atom. The topological polar surface area (TPSA) is 46.6 Å². The minimum atomic E-state index is -0.525. The lowest BCUT2D eigenvalue weighted by Crippen LogP contribution is -2.28. The minimum Gasteiger partial charge on any atom is -0.439 e. The van der Waals surface area contributed by atoms with Crippen LogP contribution >= 0.6 is 0 Å². The Labute approximate surface area is 52.4 Å². The van der Waals surface area contributed by atoms with Crippen molar-refractivity contribution in [1.29, 1.82) is 0 Å². The molecular weight excluding hydrogens is 122 g/mol. The second kappa shape index (κ2) is 2.05. The number of imide groups is 1. The summed E-state index contributed by atoms with van der Waals surface area (Å²) in [6.45, 7) is 2.04. The maximum atomic E-state index is 10.6. The smallest absolute Gasteiger partial charge is 0.417 e. The summed E-state index contributed by atoms with van der Waals surface area (Å²) in [4.78, 5) is 22.2. The summed E-state index contributed by atoms with van der Waals surface area (Å²) in [5.74, 6) is -0.248. The summed E-state index contributed by atoms with van der Waals surface area (Å²) >= 11 is 0. The average molecular weight is 129 g/mol. The lowest BCUT2D eigenvalue weighted by molar-refractivity contribution is -0.125. The predicted molar refractivity (Wildman–Crippen MR) is 28.7 cm³/mol. The molecule has 1 saturated heterocycles. The maximum absolute atomic E-state index is 10.6. The molecule has 9 heavy (non-hydrogen) atoms. The first kappa shape index (κ1) is 6.07. The third-order valence-electron chi connectivity index (χ3n) is 1.16. The second-order valence-corrected chi connectivity index (χ2v) is 1.69. The summed E-state index contributed by atoms with van der Waals surface area (Å²) in [7, 11) is 0. The van der Waals surface area contributed by atoms with Gasteiger partial charge in [0.15, 0.2) is 6.61 Å². The van der Waals surface area contributed by atoms with E-state index < -0.39 is 6.09 Å². The van der Waals surface area contributed by atoms with Crippen LogP contribution in [0.1, 0.15) is 6.92 Å². The zero-order valence-electron chi connectivity index (χ0n) is 5.09. The summed E-state index contributed by atoms with van der Waals surface area (Å²) in [5, 5.41) is 0. The molecule has 0 aromatic heterocycles. The number of carbonyl (C=O) groups is 2. The van der Waals surface area contributed by atoms with E-state index in [0.717, 1.165) is 4.90 Å². The van der Waals surface area contributed by atoms with Crippen LogP contribution in [0.3, 0.4) is 0 Å². The summed E-state index contributed by atoms with van der Waals surface area (Å²) in [6, 6.07) is 0. The standard InChI is InChI=1S/C5H7NO3/c1-2-6-4(7)3-9-5(6)8/h2-3H2,1H3. The number of likely N-dealkylation sites (N-methyl/N-ethyl adjacent to an activating group) is 1. The van der Waals surface area contributed by atoms with Gasteiger partial charge in [-0.25, -0.2) is 9.69 Å². The van der Waals surface area contributed by atoms with Gasteiger partial charge in [-0.2, -0.15) is 0 Å². The van der Waals surface area contributed by atoms with Crippen LogP contribution in [-0.4, -0.2) is 30.1 Å². The molecule has 0 radical (unpaired) electrons. The highest BCUT2D eigenvalue weighted by Crippen LogP contribution is 2.02. The van der Waals surface area contributed by atoms with Gasteiger partial charge in [-0.05, 0) is 6.92 Å². The quantitative estimate of drug-likeness (QED) is 0.500. The Hall–Kier alpha value is -1.06. The third-order valence-corrected chi connectivity index (χ3v) is 1.16. The Morgan fingerprint density at radius 3 is 2.56 bits per heavy atom. The van der Waals surface area contributed by atoms with Crippen molar-refractivity contribution in [2.75, 3.05) is 13.2 Å². The number of rotatable bonds is 1. The van der Waals surface area contributed by atoms with Crippen molar-refractivity contribution in [2.45, 2.75) is 6.92 Å². The molecule has 0 saturated carbocycles. The van der Waals surface area contributed by atoms with Crippen molar-refractivity contribution in [3.8, 4) is 0 Å². The first-order chi connectivity index (χ1) is 4.25. The van der Waals surface area contributed by atoms with E-state index in [0.29, 0.717) is 6.54 Å². The molecular formula is C5H7NO3. The molecule has 1 fully saturated rings. The van der Waals surface area contributed by atoms with E-state index in [1.54, 1.807) is 6.92 Å². The number of hydrogen-bond donors (Lipinski definition) is 0. The number of ether oxygens (including phenoxy) is 1. The van der Waals surface area contributed by atoms with Crippen LogP contribution in [0.25, 0.3) is 0 Å². The lowest BCUT2D eigenvalue weighted by atomic mass is 10.5. The van der Waals surface area contributed by atoms with Crippen LogP contribution < -0.4 is 0 Å². The van der Waals surface area contributed by atoms with Gasteiger partial charge in [-0.3, -0.25) is 4.79 Å². The van der Waals surface area contributed by atoms with Gasteiger partial charge in [0.05, 0.1) is 0 Å². The van der Waals surface area contributed by atoms with Gasteiger partial charge in [-0.15, -0.1) is 0 Å². The van der Waals surface area contributed by atoms with Crippen LogP contribution in [-0.2, 0) is 9.53 Å². The molecule has 0 atom stereocenters. The summed E-state index contributed by atoms with van der Waals surface area (Å²) in [6.07, 6.45) is -0.525. The Balaban J connectivity index is 2.66. The Bertz CT molecular complexity index is 138. The van der Waals surface area contributed by atoms with Crippen molar-refractivity contribution in [2.24, 2.45) is 0 Å². The first-order valence-electron chi connectivity index (χ1n) is 2.73. The van der Waals surface area contributed by atoms with Crippen molar-refractivity contribution in [3.63, 3.8) is 0 Å². The van der Waals surface area contributed by atoms with E-state index in [2.05, 4.69) is 4.74 Å².